The van der Waals surface area contributed by atoms with E-state index >= 15 is 0 Å². The monoisotopic (exact) mass is 353 g/mol. The zero-order valence-corrected chi connectivity index (χ0v) is 14.8. The highest BCUT2D eigenvalue weighted by molar-refractivity contribution is 5.92. The van der Waals surface area contributed by atoms with Crippen LogP contribution < -0.4 is 5.32 Å². The van der Waals surface area contributed by atoms with Gasteiger partial charge in [-0.3, -0.25) is 4.79 Å². The molecule has 2 N–H and O–H groups in total. The summed E-state index contributed by atoms with van der Waals surface area (Å²) in [6.45, 7) is 1.49. The molecule has 136 valence electrons. The summed E-state index contributed by atoms with van der Waals surface area (Å²) >= 11 is 0. The van der Waals surface area contributed by atoms with Gasteiger partial charge in [-0.25, -0.2) is 4.79 Å². The van der Waals surface area contributed by atoms with Gasteiger partial charge >= 0.3 is 5.97 Å². The van der Waals surface area contributed by atoms with E-state index in [0.29, 0.717) is 11.1 Å². The normalized spacial score (nSPS) is 17.1. The van der Waals surface area contributed by atoms with Gasteiger partial charge in [0.25, 0.3) is 5.91 Å². The van der Waals surface area contributed by atoms with Crippen LogP contribution in [0, 0.1) is 0 Å². The molecular formula is C21H23NO4. The SMILES string of the molecule is C[C@@H](OC(=O)c1ccc(CO)cc1)C(=O)N[C@@H]1CCCc2ccccc21. The lowest BCUT2D eigenvalue weighted by Gasteiger charge is -2.27. The van der Waals surface area contributed by atoms with Gasteiger partial charge in [0, 0.05) is 0 Å². The summed E-state index contributed by atoms with van der Waals surface area (Å²) in [4.78, 5) is 24.7. The minimum atomic E-state index is -0.880. The average Bonchev–Trinajstić information content (AvgIpc) is 2.68. The Bertz CT molecular complexity index is 785. The molecule has 5 nitrogen and oxygen atoms in total. The fourth-order valence-corrected chi connectivity index (χ4v) is 3.22. The maximum Gasteiger partial charge on any atom is 0.338 e. The van der Waals surface area contributed by atoms with E-state index in [9.17, 15) is 9.59 Å². The van der Waals surface area contributed by atoms with E-state index in [1.807, 2.05) is 18.2 Å². The van der Waals surface area contributed by atoms with Crippen LogP contribution in [0.5, 0.6) is 0 Å². The van der Waals surface area contributed by atoms with Crippen molar-refractivity contribution in [3.63, 3.8) is 0 Å². The summed E-state index contributed by atoms with van der Waals surface area (Å²) in [5, 5.41) is 12.0. The highest BCUT2D eigenvalue weighted by Crippen LogP contribution is 2.29. The number of hydrogen-bond donors (Lipinski definition) is 2. The third kappa shape index (κ3) is 4.11. The molecular weight excluding hydrogens is 330 g/mol. The lowest BCUT2D eigenvalue weighted by Crippen LogP contribution is -2.39. The van der Waals surface area contributed by atoms with Crippen molar-refractivity contribution in [3.05, 3.63) is 70.8 Å². The van der Waals surface area contributed by atoms with Crippen LogP contribution in [0.3, 0.4) is 0 Å². The first-order chi connectivity index (χ1) is 12.6. The minimum Gasteiger partial charge on any atom is -0.449 e. The molecule has 0 heterocycles. The van der Waals surface area contributed by atoms with Crippen LogP contribution in [0.1, 0.15) is 52.9 Å². The van der Waals surface area contributed by atoms with Gasteiger partial charge in [0.15, 0.2) is 6.10 Å². The third-order valence-electron chi connectivity index (χ3n) is 4.71. The number of aliphatic hydroxyl groups is 1. The van der Waals surface area contributed by atoms with Crippen LogP contribution in [-0.4, -0.2) is 23.1 Å². The van der Waals surface area contributed by atoms with E-state index in [-0.39, 0.29) is 18.6 Å². The number of nitrogens with one attached hydrogen (secondary N) is 1. The first kappa shape index (κ1) is 18.1. The smallest absolute Gasteiger partial charge is 0.338 e. The van der Waals surface area contributed by atoms with Crippen molar-refractivity contribution in [3.8, 4) is 0 Å². The molecule has 0 aromatic heterocycles. The van der Waals surface area contributed by atoms with Gasteiger partial charge in [-0.15, -0.1) is 0 Å². The molecule has 0 fully saturated rings. The highest BCUT2D eigenvalue weighted by Gasteiger charge is 2.25. The molecule has 2 atom stereocenters. The summed E-state index contributed by atoms with van der Waals surface area (Å²) in [7, 11) is 0. The van der Waals surface area contributed by atoms with E-state index in [0.717, 1.165) is 24.8 Å². The van der Waals surface area contributed by atoms with Crippen LogP contribution in [0.25, 0.3) is 0 Å². The lowest BCUT2D eigenvalue weighted by atomic mass is 9.87. The van der Waals surface area contributed by atoms with Crippen LogP contribution in [0.4, 0.5) is 0 Å². The number of carbonyl (C=O) groups is 2. The number of aliphatic hydroxyl groups excluding tert-OH is 1. The lowest BCUT2D eigenvalue weighted by molar-refractivity contribution is -0.130. The number of aryl methyl sites for hydroxylation is 1. The topological polar surface area (TPSA) is 75.6 Å². The molecule has 1 aliphatic carbocycles. The Morgan fingerprint density at radius 2 is 1.92 bits per heavy atom. The molecule has 2 aromatic rings. The van der Waals surface area contributed by atoms with Crippen LogP contribution in [0.2, 0.25) is 0 Å². The second-order valence-electron chi connectivity index (χ2n) is 6.55. The van der Waals surface area contributed by atoms with E-state index in [2.05, 4.69) is 11.4 Å². The van der Waals surface area contributed by atoms with Crippen LogP contribution in [-0.2, 0) is 22.6 Å². The molecule has 26 heavy (non-hydrogen) atoms. The number of fused-ring (bicyclic) bond motifs is 1. The predicted molar refractivity (Wildman–Crippen MR) is 97.5 cm³/mol. The fourth-order valence-electron chi connectivity index (χ4n) is 3.22. The minimum absolute atomic E-state index is 0.0440. The molecule has 1 aliphatic rings. The van der Waals surface area contributed by atoms with Gasteiger partial charge in [-0.05, 0) is 55.0 Å². The number of rotatable bonds is 5. The standard InChI is InChI=1S/C21H23NO4/c1-14(26-21(25)17-11-9-15(13-23)10-12-17)20(24)22-19-8-4-6-16-5-2-3-7-18(16)19/h2-3,5,7,9-12,14,19,23H,4,6,8,13H2,1H3,(H,22,24)/t14-,19-/m1/s1. The van der Waals surface area contributed by atoms with Crippen LogP contribution in [0.15, 0.2) is 48.5 Å². The molecule has 0 bridgehead atoms. The Labute approximate surface area is 153 Å². The Morgan fingerprint density at radius 1 is 1.19 bits per heavy atom. The Balaban J connectivity index is 1.60. The average molecular weight is 353 g/mol. The first-order valence-corrected chi connectivity index (χ1v) is 8.87. The summed E-state index contributed by atoms with van der Waals surface area (Å²) in [6, 6.07) is 14.5. The molecule has 2 aromatic carbocycles. The Morgan fingerprint density at radius 3 is 2.65 bits per heavy atom. The van der Waals surface area contributed by atoms with Crippen molar-refractivity contribution in [2.75, 3.05) is 0 Å². The van der Waals surface area contributed by atoms with Crippen molar-refractivity contribution < 1.29 is 19.4 Å². The molecule has 5 heteroatoms. The maximum atomic E-state index is 12.5. The number of carbonyl (C=O) groups excluding carboxylic acids is 2. The van der Waals surface area contributed by atoms with Gasteiger partial charge in [0.1, 0.15) is 0 Å². The Kier molecular flexibility index (Phi) is 5.68. The summed E-state index contributed by atoms with van der Waals surface area (Å²) in [6.07, 6.45) is 2.05. The number of amides is 1. The largest absolute Gasteiger partial charge is 0.449 e. The Hall–Kier alpha value is -2.66. The molecule has 0 saturated heterocycles. The molecule has 3 rings (SSSR count). The zero-order chi connectivity index (χ0) is 18.5. The van der Waals surface area contributed by atoms with Crippen molar-refractivity contribution in [2.45, 2.75) is 44.9 Å². The number of ether oxygens (including phenoxy) is 1. The summed E-state index contributed by atoms with van der Waals surface area (Å²) in [5.74, 6) is -0.854. The van der Waals surface area contributed by atoms with Gasteiger partial charge < -0.3 is 15.2 Å². The molecule has 0 radical (unpaired) electrons. The van der Waals surface area contributed by atoms with Gasteiger partial charge in [-0.2, -0.15) is 0 Å². The fraction of sp³-hybridized carbons (Fsp3) is 0.333. The first-order valence-electron chi connectivity index (χ1n) is 8.87. The van der Waals surface area contributed by atoms with Gasteiger partial charge in [0.05, 0.1) is 18.2 Å². The van der Waals surface area contributed by atoms with Crippen molar-refractivity contribution in [2.24, 2.45) is 0 Å². The van der Waals surface area contributed by atoms with Gasteiger partial charge in [-0.1, -0.05) is 36.4 Å². The number of esters is 1. The second kappa shape index (κ2) is 8.15. The zero-order valence-electron chi connectivity index (χ0n) is 14.8. The third-order valence-corrected chi connectivity index (χ3v) is 4.71. The summed E-state index contributed by atoms with van der Waals surface area (Å²) < 4.78 is 5.29. The van der Waals surface area contributed by atoms with E-state index < -0.39 is 12.1 Å². The predicted octanol–water partition coefficient (Wildman–Crippen LogP) is 2.92. The highest BCUT2D eigenvalue weighted by atomic mass is 16.5. The van der Waals surface area contributed by atoms with Crippen molar-refractivity contribution in [1.82, 2.24) is 5.32 Å². The van der Waals surface area contributed by atoms with E-state index in [4.69, 9.17) is 9.84 Å². The quantitative estimate of drug-likeness (QED) is 0.811. The van der Waals surface area contributed by atoms with Crippen molar-refractivity contribution in [1.29, 1.82) is 0 Å². The maximum absolute atomic E-state index is 12.5. The molecule has 0 aliphatic heterocycles. The molecule has 1 amide bonds. The number of hydrogen-bond acceptors (Lipinski definition) is 4. The van der Waals surface area contributed by atoms with Gasteiger partial charge in [0.2, 0.25) is 0 Å². The molecule has 0 saturated carbocycles. The number of benzene rings is 2. The van der Waals surface area contributed by atoms with Crippen LogP contribution >= 0.6 is 0 Å². The molecule has 0 unspecified atom stereocenters. The summed E-state index contributed by atoms with van der Waals surface area (Å²) in [5.41, 5.74) is 3.47. The molecule has 0 spiro atoms. The van der Waals surface area contributed by atoms with E-state index in [1.54, 1.807) is 31.2 Å². The second-order valence-corrected chi connectivity index (χ2v) is 6.55. The van der Waals surface area contributed by atoms with Crippen molar-refractivity contribution >= 4 is 11.9 Å². The van der Waals surface area contributed by atoms with E-state index in [1.165, 1.54) is 5.56 Å².